The van der Waals surface area contributed by atoms with Crippen molar-refractivity contribution in [3.63, 3.8) is 0 Å². The average molecular weight is 536 g/mol. The van der Waals surface area contributed by atoms with Gasteiger partial charge in [-0.1, -0.05) is 61.3 Å². The number of nitrogens with zero attached hydrogens (tertiary/aromatic N) is 3. The third kappa shape index (κ3) is 4.87. The second-order valence-electron chi connectivity index (χ2n) is 9.26. The van der Waals surface area contributed by atoms with E-state index in [2.05, 4.69) is 60.7 Å². The fraction of sp³-hybridized carbons (Fsp3) is 0.346. The fourth-order valence-corrected chi connectivity index (χ4v) is 5.84. The van der Waals surface area contributed by atoms with E-state index < -0.39 is 10.1 Å². The van der Waals surface area contributed by atoms with Crippen molar-refractivity contribution in [2.45, 2.75) is 45.7 Å². The van der Waals surface area contributed by atoms with E-state index in [1.54, 1.807) is 6.07 Å². The van der Waals surface area contributed by atoms with Crippen molar-refractivity contribution in [1.29, 1.82) is 0 Å². The smallest absolute Gasteiger partial charge is 0.282 e. The fourth-order valence-electron chi connectivity index (χ4n) is 5.03. The molecule has 0 atom stereocenters. The highest BCUT2D eigenvalue weighted by molar-refractivity contribution is 7.85. The molecule has 0 amide bonds. The molecule has 6 nitrogen and oxygen atoms in total. The number of imidazole rings is 1. The number of hydrogen-bond acceptors (Lipinski definition) is 3. The van der Waals surface area contributed by atoms with Crippen LogP contribution in [0.2, 0.25) is 10.0 Å². The minimum atomic E-state index is -4.05. The van der Waals surface area contributed by atoms with Crippen LogP contribution in [-0.4, -0.2) is 30.3 Å². The molecule has 0 unspecified atom stereocenters. The van der Waals surface area contributed by atoms with Crippen LogP contribution in [-0.2, 0) is 28.6 Å². The summed E-state index contributed by atoms with van der Waals surface area (Å²) in [5, 5.41) is 0.891. The monoisotopic (exact) mass is 534 g/mol. The molecular formula is C26H30Cl2N3O3S+. The van der Waals surface area contributed by atoms with Gasteiger partial charge in [0.25, 0.3) is 15.9 Å². The number of para-hydroxylation sites is 1. The van der Waals surface area contributed by atoms with Crippen molar-refractivity contribution < 1.29 is 17.5 Å². The van der Waals surface area contributed by atoms with Gasteiger partial charge in [-0.25, -0.2) is 9.13 Å². The molecule has 3 aromatic rings. The Kier molecular flexibility index (Phi) is 7.08. The predicted molar refractivity (Wildman–Crippen MR) is 144 cm³/mol. The molecule has 2 aromatic carbocycles. The van der Waals surface area contributed by atoms with Gasteiger partial charge in [0.1, 0.15) is 0 Å². The number of anilines is 1. The Morgan fingerprint density at radius 1 is 1.14 bits per heavy atom. The molecule has 2 heterocycles. The lowest BCUT2D eigenvalue weighted by molar-refractivity contribution is -0.673. The van der Waals surface area contributed by atoms with Gasteiger partial charge in [0.15, 0.2) is 11.0 Å². The first-order chi connectivity index (χ1) is 16.5. The van der Waals surface area contributed by atoms with Crippen molar-refractivity contribution in [3.05, 3.63) is 75.7 Å². The van der Waals surface area contributed by atoms with Crippen molar-refractivity contribution in [2.24, 2.45) is 0 Å². The summed E-state index contributed by atoms with van der Waals surface area (Å²) < 4.78 is 36.0. The topological polar surface area (TPSA) is 66.4 Å². The quantitative estimate of drug-likeness (QED) is 0.304. The van der Waals surface area contributed by atoms with E-state index in [0.29, 0.717) is 23.1 Å². The summed E-state index contributed by atoms with van der Waals surface area (Å²) in [6.45, 7) is 7.57. The van der Waals surface area contributed by atoms with Crippen LogP contribution in [0, 0.1) is 0 Å². The molecule has 1 N–H and O–H groups in total. The summed E-state index contributed by atoms with van der Waals surface area (Å²) in [5.74, 6) is 0.578. The average Bonchev–Trinajstić information content (AvgIpc) is 3.17. The third-order valence-corrected chi connectivity index (χ3v) is 8.22. The Balaban J connectivity index is 1.79. The number of benzene rings is 2. The molecule has 186 valence electrons. The highest BCUT2D eigenvalue weighted by Crippen LogP contribution is 2.46. The molecule has 4 rings (SSSR count). The number of aryl methyl sites for hydroxylation is 2. The first-order valence-electron chi connectivity index (χ1n) is 11.5. The van der Waals surface area contributed by atoms with Crippen LogP contribution in [0.1, 0.15) is 38.6 Å². The zero-order chi connectivity index (χ0) is 25.5. The zero-order valence-corrected chi connectivity index (χ0v) is 22.6. The van der Waals surface area contributed by atoms with E-state index in [-0.39, 0.29) is 17.6 Å². The lowest BCUT2D eigenvalue weighted by Gasteiger charge is -2.23. The molecule has 0 radical (unpaired) electrons. The lowest BCUT2D eigenvalue weighted by atomic mass is 9.84. The van der Waals surface area contributed by atoms with Crippen molar-refractivity contribution in [3.8, 4) is 0 Å². The maximum Gasteiger partial charge on any atom is 0.282 e. The number of aromatic nitrogens is 2. The van der Waals surface area contributed by atoms with Crippen LogP contribution in [0.15, 0.2) is 54.2 Å². The van der Waals surface area contributed by atoms with E-state index in [4.69, 9.17) is 23.2 Å². The minimum Gasteiger partial charge on any atom is -0.347 e. The molecule has 0 saturated carbocycles. The van der Waals surface area contributed by atoms with Gasteiger partial charge in [-0.15, -0.1) is 0 Å². The Morgan fingerprint density at radius 2 is 1.83 bits per heavy atom. The Bertz CT molecular complexity index is 1460. The SMILES string of the molecule is CCn1c(/C=C/C=C2/N(C)c3ccccc3C2(C)C)[n+](CCCS(=O)(=O)O)c2cc(Cl)c(Cl)cc21. The molecule has 0 fully saturated rings. The van der Waals surface area contributed by atoms with Gasteiger partial charge in [-0.3, -0.25) is 4.55 Å². The minimum absolute atomic E-state index is 0.139. The maximum absolute atomic E-state index is 11.3. The molecule has 1 aromatic heterocycles. The highest BCUT2D eigenvalue weighted by atomic mass is 35.5. The summed E-state index contributed by atoms with van der Waals surface area (Å²) in [4.78, 5) is 2.22. The molecule has 35 heavy (non-hydrogen) atoms. The lowest BCUT2D eigenvalue weighted by Crippen LogP contribution is -2.37. The number of halogens is 2. The second kappa shape index (κ2) is 9.62. The van der Waals surface area contributed by atoms with E-state index >= 15 is 0 Å². The van der Waals surface area contributed by atoms with E-state index in [1.165, 1.54) is 16.9 Å². The van der Waals surface area contributed by atoms with Gasteiger partial charge in [0, 0.05) is 48.5 Å². The van der Waals surface area contributed by atoms with Crippen molar-refractivity contribution in [1.82, 2.24) is 4.57 Å². The summed E-state index contributed by atoms with van der Waals surface area (Å²) in [7, 11) is -1.97. The molecule has 0 spiro atoms. The largest absolute Gasteiger partial charge is 0.347 e. The van der Waals surface area contributed by atoms with Gasteiger partial charge in [-0.2, -0.15) is 8.42 Å². The summed E-state index contributed by atoms with van der Waals surface area (Å²) in [5.41, 5.74) is 5.29. The van der Waals surface area contributed by atoms with Crippen LogP contribution in [0.4, 0.5) is 5.69 Å². The van der Waals surface area contributed by atoms with E-state index in [0.717, 1.165) is 16.9 Å². The van der Waals surface area contributed by atoms with E-state index in [1.807, 2.05) is 29.7 Å². The molecule has 1 aliphatic rings. The predicted octanol–water partition coefficient (Wildman–Crippen LogP) is 5.86. The maximum atomic E-state index is 11.3. The Morgan fingerprint density at radius 3 is 2.49 bits per heavy atom. The Hall–Kier alpha value is -2.32. The number of fused-ring (bicyclic) bond motifs is 2. The van der Waals surface area contributed by atoms with Gasteiger partial charge >= 0.3 is 0 Å². The van der Waals surface area contributed by atoms with Crippen molar-refractivity contribution >= 4 is 56.1 Å². The standard InChI is InChI=1S/C26H29Cl2N3O3S/c1-5-30-22-16-19(27)20(28)17-23(22)31(14-9-15-35(32,33)34)25(30)13-8-12-24-26(2,3)18-10-6-7-11-21(18)29(24)4/h6-8,10-13,16-17H,5,9,14-15H2,1-4H3/p+1. The molecule has 9 heteroatoms. The first-order valence-corrected chi connectivity index (χ1v) is 13.9. The summed E-state index contributed by atoms with van der Waals surface area (Å²) >= 11 is 12.7. The normalized spacial score (nSPS) is 16.7. The van der Waals surface area contributed by atoms with Crippen LogP contribution in [0.5, 0.6) is 0 Å². The van der Waals surface area contributed by atoms with Gasteiger partial charge < -0.3 is 4.90 Å². The first kappa shape index (κ1) is 25.8. The van der Waals surface area contributed by atoms with Gasteiger partial charge in [0.2, 0.25) is 0 Å². The molecular weight excluding hydrogens is 505 g/mol. The zero-order valence-electron chi connectivity index (χ0n) is 20.3. The number of rotatable bonds is 7. The molecule has 0 aliphatic carbocycles. The third-order valence-electron chi connectivity index (χ3n) is 6.69. The van der Waals surface area contributed by atoms with Crippen LogP contribution in [0.3, 0.4) is 0 Å². The Labute approximate surface area is 216 Å². The summed E-state index contributed by atoms with van der Waals surface area (Å²) in [6.07, 6.45) is 6.45. The van der Waals surface area contributed by atoms with Crippen LogP contribution >= 0.6 is 23.2 Å². The number of hydrogen-bond donors (Lipinski definition) is 1. The number of allylic oxidation sites excluding steroid dienone is 3. The van der Waals surface area contributed by atoms with Crippen LogP contribution in [0.25, 0.3) is 17.1 Å². The molecule has 0 bridgehead atoms. The highest BCUT2D eigenvalue weighted by Gasteiger charge is 2.37. The molecule has 1 aliphatic heterocycles. The van der Waals surface area contributed by atoms with Crippen LogP contribution < -0.4 is 9.47 Å². The summed E-state index contributed by atoms with van der Waals surface area (Å²) in [6, 6.07) is 12.1. The van der Waals surface area contributed by atoms with Crippen molar-refractivity contribution in [2.75, 3.05) is 17.7 Å². The molecule has 0 saturated heterocycles. The van der Waals surface area contributed by atoms with E-state index in [9.17, 15) is 13.0 Å². The van der Waals surface area contributed by atoms with Gasteiger partial charge in [-0.05, 0) is 24.6 Å². The second-order valence-corrected chi connectivity index (χ2v) is 11.6. The number of likely N-dealkylation sites (N-methyl/N-ethyl adjacent to an activating group) is 1. The van der Waals surface area contributed by atoms with Gasteiger partial charge in [0.05, 0.1) is 28.9 Å².